The maximum atomic E-state index is 12.9. The third-order valence-corrected chi connectivity index (χ3v) is 3.79. The third-order valence-electron chi connectivity index (χ3n) is 3.79. The van der Waals surface area contributed by atoms with Crippen LogP contribution in [0, 0.1) is 11.7 Å². The maximum Gasteiger partial charge on any atom is 0.123 e. The van der Waals surface area contributed by atoms with E-state index in [2.05, 4.69) is 16.7 Å². The Morgan fingerprint density at radius 3 is 2.37 bits per heavy atom. The Balaban J connectivity index is 1.80. The molecule has 1 heterocycles. The van der Waals surface area contributed by atoms with E-state index in [9.17, 15) is 4.39 Å². The molecule has 19 heavy (non-hydrogen) atoms. The molecule has 0 radical (unpaired) electrons. The van der Waals surface area contributed by atoms with Crippen molar-refractivity contribution in [2.24, 2.45) is 11.7 Å². The number of rotatable bonds is 5. The van der Waals surface area contributed by atoms with Crippen molar-refractivity contribution in [3.8, 4) is 0 Å². The highest BCUT2D eigenvalue weighted by molar-refractivity contribution is 5.46. The molecule has 3 nitrogen and oxygen atoms in total. The Kier molecular flexibility index (Phi) is 5.16. The molecule has 1 fully saturated rings. The Morgan fingerprint density at radius 1 is 1.16 bits per heavy atom. The summed E-state index contributed by atoms with van der Waals surface area (Å²) in [4.78, 5) is 4.82. The smallest absolute Gasteiger partial charge is 0.123 e. The summed E-state index contributed by atoms with van der Waals surface area (Å²) in [5.74, 6) is 0.500. The van der Waals surface area contributed by atoms with E-state index in [0.29, 0.717) is 5.92 Å². The van der Waals surface area contributed by atoms with Gasteiger partial charge >= 0.3 is 0 Å². The fourth-order valence-electron chi connectivity index (χ4n) is 2.66. The zero-order valence-electron chi connectivity index (χ0n) is 11.7. The van der Waals surface area contributed by atoms with Gasteiger partial charge in [0.2, 0.25) is 0 Å². The first-order valence-corrected chi connectivity index (χ1v) is 7.12. The normalized spacial score (nSPS) is 18.6. The minimum Gasteiger partial charge on any atom is -0.369 e. The van der Waals surface area contributed by atoms with E-state index in [1.807, 2.05) is 12.1 Å². The van der Waals surface area contributed by atoms with E-state index in [-0.39, 0.29) is 5.82 Å². The average Bonchev–Trinajstić information content (AvgIpc) is 2.41. The van der Waals surface area contributed by atoms with E-state index in [1.54, 1.807) is 0 Å². The van der Waals surface area contributed by atoms with Crippen molar-refractivity contribution in [3.05, 3.63) is 30.1 Å². The fraction of sp³-hybridized carbons (Fsp3) is 0.600. The summed E-state index contributed by atoms with van der Waals surface area (Å²) in [5.41, 5.74) is 6.71. The van der Waals surface area contributed by atoms with Gasteiger partial charge in [0, 0.05) is 38.4 Å². The van der Waals surface area contributed by atoms with Crippen LogP contribution in [0.4, 0.5) is 10.1 Å². The molecule has 1 saturated heterocycles. The van der Waals surface area contributed by atoms with Crippen LogP contribution in [0.3, 0.4) is 0 Å². The van der Waals surface area contributed by atoms with Gasteiger partial charge in [0.25, 0.3) is 0 Å². The van der Waals surface area contributed by atoms with Gasteiger partial charge < -0.3 is 10.6 Å². The van der Waals surface area contributed by atoms with Gasteiger partial charge in [-0.25, -0.2) is 4.39 Å². The largest absolute Gasteiger partial charge is 0.369 e. The second kappa shape index (κ2) is 6.87. The highest BCUT2D eigenvalue weighted by Crippen LogP contribution is 2.17. The molecule has 4 heteroatoms. The fourth-order valence-corrected chi connectivity index (χ4v) is 2.66. The van der Waals surface area contributed by atoms with E-state index >= 15 is 0 Å². The summed E-state index contributed by atoms with van der Waals surface area (Å²) in [5, 5.41) is 0. The quantitative estimate of drug-likeness (QED) is 0.883. The van der Waals surface area contributed by atoms with Gasteiger partial charge in [-0.2, -0.15) is 0 Å². The first-order chi connectivity index (χ1) is 9.19. The zero-order valence-corrected chi connectivity index (χ0v) is 11.7. The van der Waals surface area contributed by atoms with Gasteiger partial charge in [0.1, 0.15) is 5.82 Å². The molecule has 2 rings (SSSR count). The summed E-state index contributed by atoms with van der Waals surface area (Å²) in [6, 6.07) is 6.79. The summed E-state index contributed by atoms with van der Waals surface area (Å²) >= 11 is 0. The van der Waals surface area contributed by atoms with Crippen LogP contribution in [0.5, 0.6) is 0 Å². The van der Waals surface area contributed by atoms with Crippen LogP contribution in [0.2, 0.25) is 0 Å². The van der Waals surface area contributed by atoms with Crippen LogP contribution in [0.25, 0.3) is 0 Å². The summed E-state index contributed by atoms with van der Waals surface area (Å²) in [6.45, 7) is 8.35. The van der Waals surface area contributed by atoms with Crippen molar-refractivity contribution in [2.45, 2.75) is 13.3 Å². The van der Waals surface area contributed by atoms with Crippen molar-refractivity contribution < 1.29 is 4.39 Å². The molecule has 0 aromatic heterocycles. The molecule has 2 N–H and O–H groups in total. The number of piperazine rings is 1. The third kappa shape index (κ3) is 4.18. The molecule has 0 aliphatic carbocycles. The Bertz CT molecular complexity index is 371. The molecule has 1 aromatic rings. The van der Waals surface area contributed by atoms with Crippen LogP contribution < -0.4 is 10.6 Å². The van der Waals surface area contributed by atoms with Crippen molar-refractivity contribution >= 4 is 5.69 Å². The van der Waals surface area contributed by atoms with Crippen LogP contribution in [0.1, 0.15) is 13.3 Å². The number of hydrogen-bond acceptors (Lipinski definition) is 3. The summed E-state index contributed by atoms with van der Waals surface area (Å²) in [6.07, 6.45) is 1.10. The molecule has 106 valence electrons. The van der Waals surface area contributed by atoms with Crippen LogP contribution in [-0.4, -0.2) is 44.2 Å². The molecule has 1 unspecified atom stereocenters. The van der Waals surface area contributed by atoms with Crippen LogP contribution >= 0.6 is 0 Å². The van der Waals surface area contributed by atoms with Gasteiger partial charge in [0.15, 0.2) is 0 Å². The standard InChI is InChI=1S/C15H24FN3/c1-13(6-7-17)12-18-8-10-19(11-9-18)15-4-2-14(16)3-5-15/h2-5,13H,6-12,17H2,1H3. The highest BCUT2D eigenvalue weighted by atomic mass is 19.1. The Hall–Kier alpha value is -1.13. The topological polar surface area (TPSA) is 32.5 Å². The molecule has 1 atom stereocenters. The lowest BCUT2D eigenvalue weighted by atomic mass is 10.1. The van der Waals surface area contributed by atoms with Crippen molar-refractivity contribution in [2.75, 3.05) is 44.2 Å². The lowest BCUT2D eigenvalue weighted by molar-refractivity contribution is 0.221. The minimum absolute atomic E-state index is 0.169. The zero-order chi connectivity index (χ0) is 13.7. The minimum atomic E-state index is -0.169. The molecule has 1 aromatic carbocycles. The van der Waals surface area contributed by atoms with Crippen molar-refractivity contribution in [1.82, 2.24) is 4.90 Å². The molecule has 1 aliphatic rings. The number of nitrogens with two attached hydrogens (primary N) is 1. The number of benzene rings is 1. The Morgan fingerprint density at radius 2 is 1.79 bits per heavy atom. The van der Waals surface area contributed by atoms with Crippen molar-refractivity contribution in [3.63, 3.8) is 0 Å². The maximum absolute atomic E-state index is 12.9. The average molecular weight is 265 g/mol. The van der Waals surface area contributed by atoms with Gasteiger partial charge in [-0.3, -0.25) is 4.90 Å². The molecular formula is C15H24FN3. The van der Waals surface area contributed by atoms with Crippen LogP contribution in [-0.2, 0) is 0 Å². The summed E-state index contributed by atoms with van der Waals surface area (Å²) < 4.78 is 12.9. The number of nitrogens with zero attached hydrogens (tertiary/aromatic N) is 2. The number of halogens is 1. The van der Waals surface area contributed by atoms with Gasteiger partial charge in [0.05, 0.1) is 0 Å². The lowest BCUT2D eigenvalue weighted by Gasteiger charge is -2.37. The second-order valence-corrected chi connectivity index (χ2v) is 5.45. The Labute approximate surface area is 115 Å². The first kappa shape index (κ1) is 14.3. The molecule has 0 spiro atoms. The number of anilines is 1. The highest BCUT2D eigenvalue weighted by Gasteiger charge is 2.18. The summed E-state index contributed by atoms with van der Waals surface area (Å²) in [7, 11) is 0. The molecule has 1 aliphatic heterocycles. The van der Waals surface area contributed by atoms with Crippen molar-refractivity contribution in [1.29, 1.82) is 0 Å². The van der Waals surface area contributed by atoms with Gasteiger partial charge in [-0.1, -0.05) is 6.92 Å². The number of hydrogen-bond donors (Lipinski definition) is 1. The molecule has 0 amide bonds. The van der Waals surface area contributed by atoms with Crippen LogP contribution in [0.15, 0.2) is 24.3 Å². The SMILES string of the molecule is CC(CCN)CN1CCN(c2ccc(F)cc2)CC1. The molecule has 0 bridgehead atoms. The lowest BCUT2D eigenvalue weighted by Crippen LogP contribution is -2.47. The van der Waals surface area contributed by atoms with E-state index in [1.165, 1.54) is 12.1 Å². The van der Waals surface area contributed by atoms with Gasteiger partial charge in [-0.15, -0.1) is 0 Å². The van der Waals surface area contributed by atoms with E-state index in [0.717, 1.165) is 51.4 Å². The predicted molar refractivity (Wildman–Crippen MR) is 77.9 cm³/mol. The predicted octanol–water partition coefficient (Wildman–Crippen LogP) is 1.93. The van der Waals surface area contributed by atoms with E-state index in [4.69, 9.17) is 5.73 Å². The molecule has 0 saturated carbocycles. The van der Waals surface area contributed by atoms with Gasteiger partial charge in [-0.05, 0) is 43.1 Å². The van der Waals surface area contributed by atoms with E-state index < -0.39 is 0 Å². The molecular weight excluding hydrogens is 241 g/mol. The second-order valence-electron chi connectivity index (χ2n) is 5.45. The monoisotopic (exact) mass is 265 g/mol. The first-order valence-electron chi connectivity index (χ1n) is 7.12.